The highest BCUT2D eigenvalue weighted by molar-refractivity contribution is 5.43. The number of nitrogens with zero attached hydrogens (tertiary/aromatic N) is 1. The van der Waals surface area contributed by atoms with Crippen LogP contribution >= 0.6 is 0 Å². The molecule has 0 aliphatic carbocycles. The van der Waals surface area contributed by atoms with E-state index in [1.807, 2.05) is 19.1 Å². The maximum atomic E-state index is 13.4. The molecule has 0 saturated heterocycles. The third kappa shape index (κ3) is 3.56. The van der Waals surface area contributed by atoms with E-state index in [1.54, 1.807) is 6.07 Å². The van der Waals surface area contributed by atoms with Crippen molar-refractivity contribution in [3.05, 3.63) is 63.5 Å². The Morgan fingerprint density at radius 1 is 1.14 bits per heavy atom. The summed E-state index contributed by atoms with van der Waals surface area (Å²) in [4.78, 5) is 10.1. The number of hydrogen-bond acceptors (Lipinski definition) is 3. The fourth-order valence-electron chi connectivity index (χ4n) is 2.21. The number of nitro groups is 1. The van der Waals surface area contributed by atoms with Crippen molar-refractivity contribution in [3.63, 3.8) is 0 Å². The Balaban J connectivity index is 2.30. The summed E-state index contributed by atoms with van der Waals surface area (Å²) in [6.07, 6.45) is 0. The molecule has 0 atom stereocenters. The highest BCUT2D eigenvalue weighted by Crippen LogP contribution is 2.29. The van der Waals surface area contributed by atoms with Crippen LogP contribution in [-0.4, -0.2) is 4.92 Å². The summed E-state index contributed by atoms with van der Waals surface area (Å²) in [5, 5.41) is 10.7. The first-order valence-electron chi connectivity index (χ1n) is 6.60. The van der Waals surface area contributed by atoms with E-state index in [4.69, 9.17) is 4.74 Å². The number of nitro benzene ring substituents is 1. The largest absolute Gasteiger partial charge is 0.457 e. The second kappa shape index (κ2) is 5.91. The third-order valence-corrected chi connectivity index (χ3v) is 3.17. The van der Waals surface area contributed by atoms with Crippen LogP contribution in [0.25, 0.3) is 0 Å². The molecule has 5 heteroatoms. The van der Waals surface area contributed by atoms with Crippen LogP contribution in [0.1, 0.15) is 30.9 Å². The van der Waals surface area contributed by atoms with E-state index in [0.717, 1.165) is 17.7 Å². The van der Waals surface area contributed by atoms with Crippen LogP contribution in [0.4, 0.5) is 10.1 Å². The van der Waals surface area contributed by atoms with Gasteiger partial charge in [-0.3, -0.25) is 10.1 Å². The quantitative estimate of drug-likeness (QED) is 0.590. The minimum absolute atomic E-state index is 0.110. The zero-order valence-corrected chi connectivity index (χ0v) is 12.1. The number of rotatable bonds is 4. The van der Waals surface area contributed by atoms with Gasteiger partial charge in [0.2, 0.25) is 0 Å². The number of benzene rings is 2. The van der Waals surface area contributed by atoms with Crippen LogP contribution in [0.5, 0.6) is 11.5 Å². The molecule has 0 amide bonds. The first-order valence-corrected chi connectivity index (χ1v) is 6.60. The Morgan fingerprint density at radius 2 is 1.86 bits per heavy atom. The highest BCUT2D eigenvalue weighted by atomic mass is 19.1. The Bertz CT molecular complexity index is 683. The van der Waals surface area contributed by atoms with Crippen molar-refractivity contribution in [2.24, 2.45) is 0 Å². The molecule has 21 heavy (non-hydrogen) atoms. The van der Waals surface area contributed by atoms with Gasteiger partial charge in [-0.05, 0) is 36.1 Å². The van der Waals surface area contributed by atoms with Crippen molar-refractivity contribution in [1.29, 1.82) is 0 Å². The summed E-state index contributed by atoms with van der Waals surface area (Å²) < 4.78 is 18.9. The van der Waals surface area contributed by atoms with E-state index in [0.29, 0.717) is 11.7 Å². The van der Waals surface area contributed by atoms with Crippen LogP contribution in [0.3, 0.4) is 0 Å². The average molecular weight is 289 g/mol. The monoisotopic (exact) mass is 289 g/mol. The Morgan fingerprint density at radius 3 is 2.43 bits per heavy atom. The molecule has 0 aliphatic heterocycles. The van der Waals surface area contributed by atoms with Crippen molar-refractivity contribution >= 4 is 5.69 Å². The van der Waals surface area contributed by atoms with Gasteiger partial charge in [-0.15, -0.1) is 0 Å². The average Bonchev–Trinajstić information content (AvgIpc) is 2.37. The molecule has 0 N–H and O–H groups in total. The first kappa shape index (κ1) is 15.0. The minimum Gasteiger partial charge on any atom is -0.457 e. The first-order chi connectivity index (χ1) is 9.86. The van der Waals surface area contributed by atoms with Crippen molar-refractivity contribution in [2.45, 2.75) is 26.7 Å². The van der Waals surface area contributed by atoms with Crippen molar-refractivity contribution < 1.29 is 14.1 Å². The number of non-ortho nitro benzene ring substituents is 1. The van der Waals surface area contributed by atoms with E-state index in [2.05, 4.69) is 13.8 Å². The molecule has 4 nitrogen and oxygen atoms in total. The van der Waals surface area contributed by atoms with Gasteiger partial charge in [-0.1, -0.05) is 19.9 Å². The lowest BCUT2D eigenvalue weighted by atomic mass is 9.98. The lowest BCUT2D eigenvalue weighted by molar-refractivity contribution is -0.385. The second-order valence-electron chi connectivity index (χ2n) is 5.18. The number of ether oxygens (including phenoxy) is 1. The van der Waals surface area contributed by atoms with E-state index in [1.165, 1.54) is 11.6 Å². The van der Waals surface area contributed by atoms with Gasteiger partial charge < -0.3 is 4.74 Å². The molecule has 0 unspecified atom stereocenters. The molecule has 0 saturated carbocycles. The maximum Gasteiger partial charge on any atom is 0.276 e. The van der Waals surface area contributed by atoms with E-state index >= 15 is 0 Å². The molecule has 0 heterocycles. The van der Waals surface area contributed by atoms with Gasteiger partial charge in [-0.25, -0.2) is 4.39 Å². The molecule has 2 aromatic rings. The van der Waals surface area contributed by atoms with Crippen LogP contribution in [-0.2, 0) is 0 Å². The van der Waals surface area contributed by atoms with Gasteiger partial charge in [0, 0.05) is 6.07 Å². The Hall–Kier alpha value is -2.43. The van der Waals surface area contributed by atoms with E-state index in [9.17, 15) is 14.5 Å². The summed E-state index contributed by atoms with van der Waals surface area (Å²) in [6, 6.07) is 8.75. The van der Waals surface area contributed by atoms with Crippen LogP contribution in [0.2, 0.25) is 0 Å². The summed E-state index contributed by atoms with van der Waals surface area (Å²) >= 11 is 0. The summed E-state index contributed by atoms with van der Waals surface area (Å²) in [5.41, 5.74) is 1.93. The zero-order valence-electron chi connectivity index (χ0n) is 12.1. The van der Waals surface area contributed by atoms with Crippen LogP contribution in [0, 0.1) is 22.9 Å². The smallest absolute Gasteiger partial charge is 0.276 e. The molecule has 0 spiro atoms. The normalized spacial score (nSPS) is 10.7. The summed E-state index contributed by atoms with van der Waals surface area (Å²) in [7, 11) is 0. The SMILES string of the molecule is Cc1cc(Oc2cc(F)cc([N+](=O)[O-])c2)ccc1C(C)C. The Labute approximate surface area is 122 Å². The molecular formula is C16H16FNO3. The molecular weight excluding hydrogens is 273 g/mol. The lowest BCUT2D eigenvalue weighted by Crippen LogP contribution is -1.94. The molecule has 0 radical (unpaired) electrons. The van der Waals surface area contributed by atoms with Crippen molar-refractivity contribution in [2.75, 3.05) is 0 Å². The van der Waals surface area contributed by atoms with Crippen LogP contribution < -0.4 is 4.74 Å². The standard InChI is InChI=1S/C16H16FNO3/c1-10(2)16-5-4-14(6-11(16)3)21-15-8-12(17)7-13(9-15)18(19)20/h4-10H,1-3H3. The molecule has 0 aromatic heterocycles. The maximum absolute atomic E-state index is 13.4. The topological polar surface area (TPSA) is 52.4 Å². The van der Waals surface area contributed by atoms with Gasteiger partial charge in [0.1, 0.15) is 17.3 Å². The van der Waals surface area contributed by atoms with Gasteiger partial charge in [0.05, 0.1) is 17.1 Å². The van der Waals surface area contributed by atoms with Gasteiger partial charge in [-0.2, -0.15) is 0 Å². The van der Waals surface area contributed by atoms with Gasteiger partial charge in [0.25, 0.3) is 5.69 Å². The van der Waals surface area contributed by atoms with Gasteiger partial charge in [0.15, 0.2) is 0 Å². The van der Waals surface area contributed by atoms with E-state index in [-0.39, 0.29) is 11.4 Å². The molecule has 0 aliphatic rings. The summed E-state index contributed by atoms with van der Waals surface area (Å²) in [6.45, 7) is 6.16. The molecule has 0 fully saturated rings. The third-order valence-electron chi connectivity index (χ3n) is 3.17. The predicted molar refractivity (Wildman–Crippen MR) is 78.4 cm³/mol. The minimum atomic E-state index is -0.699. The molecule has 110 valence electrons. The number of aryl methyl sites for hydroxylation is 1. The van der Waals surface area contributed by atoms with Crippen molar-refractivity contribution in [1.82, 2.24) is 0 Å². The van der Waals surface area contributed by atoms with Crippen molar-refractivity contribution in [3.8, 4) is 11.5 Å². The molecule has 0 bridgehead atoms. The fraction of sp³-hybridized carbons (Fsp3) is 0.250. The second-order valence-corrected chi connectivity index (χ2v) is 5.18. The fourth-order valence-corrected chi connectivity index (χ4v) is 2.21. The van der Waals surface area contributed by atoms with E-state index < -0.39 is 10.7 Å². The Kier molecular flexibility index (Phi) is 4.21. The molecule has 2 aromatic carbocycles. The lowest BCUT2D eigenvalue weighted by Gasteiger charge is -2.12. The molecule has 2 rings (SSSR count). The predicted octanol–water partition coefficient (Wildman–Crippen LogP) is 4.96. The van der Waals surface area contributed by atoms with Crippen LogP contribution in [0.15, 0.2) is 36.4 Å². The zero-order chi connectivity index (χ0) is 15.6. The van der Waals surface area contributed by atoms with Gasteiger partial charge >= 0.3 is 0 Å². The number of halogens is 1. The number of hydrogen-bond donors (Lipinski definition) is 0. The highest BCUT2D eigenvalue weighted by Gasteiger charge is 2.12. The summed E-state index contributed by atoms with van der Waals surface area (Å²) in [5.74, 6) is 0.333.